The highest BCUT2D eigenvalue weighted by atomic mass is 16.5. The predicted molar refractivity (Wildman–Crippen MR) is 99.3 cm³/mol. The number of aliphatic imine (C=N–C) groups is 1. The number of hydrogen-bond acceptors (Lipinski definition) is 4. The first-order valence-corrected chi connectivity index (χ1v) is 8.21. The van der Waals surface area contributed by atoms with Crippen LogP contribution in [0, 0.1) is 13.8 Å². The molecule has 0 aliphatic heterocycles. The Labute approximate surface area is 147 Å². The smallest absolute Gasteiger partial charge is 0.238 e. The van der Waals surface area contributed by atoms with Crippen LogP contribution in [0.2, 0.25) is 0 Å². The van der Waals surface area contributed by atoms with Crippen molar-refractivity contribution in [1.29, 1.82) is 0 Å². The van der Waals surface area contributed by atoms with Crippen molar-refractivity contribution in [3.8, 4) is 17.3 Å². The first kappa shape index (κ1) is 16.8. The highest BCUT2D eigenvalue weighted by Gasteiger charge is 2.08. The monoisotopic (exact) mass is 335 g/mol. The van der Waals surface area contributed by atoms with Crippen molar-refractivity contribution >= 4 is 12.1 Å². The Morgan fingerprint density at radius 2 is 1.88 bits per heavy atom. The Morgan fingerprint density at radius 3 is 2.64 bits per heavy atom. The van der Waals surface area contributed by atoms with Gasteiger partial charge in [0.05, 0.1) is 18.0 Å². The molecule has 0 unspecified atom stereocenters. The molecule has 0 radical (unpaired) electrons. The third-order valence-electron chi connectivity index (χ3n) is 3.73. The van der Waals surface area contributed by atoms with Crippen molar-refractivity contribution in [3.05, 3.63) is 65.9 Å². The van der Waals surface area contributed by atoms with Crippen LogP contribution in [0.5, 0.6) is 11.6 Å². The molecule has 0 N–H and O–H groups in total. The molecule has 3 rings (SSSR count). The van der Waals surface area contributed by atoms with Gasteiger partial charge in [-0.25, -0.2) is 9.67 Å². The molecular weight excluding hydrogens is 314 g/mol. The maximum absolute atomic E-state index is 5.96. The van der Waals surface area contributed by atoms with Gasteiger partial charge in [0.25, 0.3) is 0 Å². The van der Waals surface area contributed by atoms with Crippen LogP contribution in [-0.4, -0.2) is 22.8 Å². The molecule has 0 saturated heterocycles. The van der Waals surface area contributed by atoms with Crippen LogP contribution in [-0.2, 0) is 4.74 Å². The number of ether oxygens (including phenoxy) is 2. The number of aromatic nitrogens is 2. The minimum atomic E-state index is 0.553. The van der Waals surface area contributed by atoms with Crippen LogP contribution in [0.3, 0.4) is 0 Å². The molecule has 3 aromatic rings. The molecular formula is C20H21N3O2. The summed E-state index contributed by atoms with van der Waals surface area (Å²) in [4.78, 5) is 4.33. The average Bonchev–Trinajstić information content (AvgIpc) is 3.08. The van der Waals surface area contributed by atoms with Crippen molar-refractivity contribution in [1.82, 2.24) is 9.78 Å². The lowest BCUT2D eigenvalue weighted by molar-refractivity contribution is 0.344. The van der Waals surface area contributed by atoms with E-state index >= 15 is 0 Å². The number of rotatable bonds is 6. The van der Waals surface area contributed by atoms with Gasteiger partial charge < -0.3 is 9.47 Å². The first-order chi connectivity index (χ1) is 12.2. The predicted octanol–water partition coefficient (Wildman–Crippen LogP) is 4.98. The van der Waals surface area contributed by atoms with E-state index in [9.17, 15) is 0 Å². The summed E-state index contributed by atoms with van der Waals surface area (Å²) in [5.74, 6) is 1.32. The van der Waals surface area contributed by atoms with Gasteiger partial charge in [0, 0.05) is 12.3 Å². The highest BCUT2D eigenvalue weighted by molar-refractivity contribution is 5.61. The van der Waals surface area contributed by atoms with Gasteiger partial charge in [-0.2, -0.15) is 0 Å². The quantitative estimate of drug-likeness (QED) is 0.471. The number of hydrogen-bond donors (Lipinski definition) is 0. The molecule has 2 aromatic carbocycles. The van der Waals surface area contributed by atoms with E-state index in [1.165, 1.54) is 6.40 Å². The van der Waals surface area contributed by atoms with Crippen LogP contribution in [0.25, 0.3) is 5.69 Å². The minimum absolute atomic E-state index is 0.553. The lowest BCUT2D eigenvalue weighted by Gasteiger charge is -2.09. The van der Waals surface area contributed by atoms with Gasteiger partial charge in [0.1, 0.15) is 5.75 Å². The molecule has 0 atom stereocenters. The molecule has 0 saturated carbocycles. The van der Waals surface area contributed by atoms with Gasteiger partial charge in [0.15, 0.2) is 6.40 Å². The Morgan fingerprint density at radius 1 is 1.08 bits per heavy atom. The number of aryl methyl sites for hydroxylation is 2. The molecule has 0 bridgehead atoms. The Balaban J connectivity index is 1.79. The van der Waals surface area contributed by atoms with E-state index in [1.54, 1.807) is 4.68 Å². The molecule has 5 nitrogen and oxygen atoms in total. The molecule has 0 aliphatic rings. The first-order valence-electron chi connectivity index (χ1n) is 8.21. The van der Waals surface area contributed by atoms with Gasteiger partial charge in [-0.05, 0) is 56.2 Å². The van der Waals surface area contributed by atoms with Gasteiger partial charge in [0.2, 0.25) is 5.88 Å². The van der Waals surface area contributed by atoms with Crippen molar-refractivity contribution < 1.29 is 9.47 Å². The Bertz CT molecular complexity index is 870. The summed E-state index contributed by atoms with van der Waals surface area (Å²) in [6.07, 6.45) is 3.36. The van der Waals surface area contributed by atoms with Crippen LogP contribution in [0.1, 0.15) is 18.1 Å². The van der Waals surface area contributed by atoms with Crippen LogP contribution < -0.4 is 4.74 Å². The zero-order valence-electron chi connectivity index (χ0n) is 14.6. The summed E-state index contributed by atoms with van der Waals surface area (Å²) in [5.41, 5.74) is 3.86. The summed E-state index contributed by atoms with van der Waals surface area (Å²) in [5, 5.41) is 4.47. The third kappa shape index (κ3) is 4.07. The van der Waals surface area contributed by atoms with E-state index in [2.05, 4.69) is 10.1 Å². The second-order valence-corrected chi connectivity index (χ2v) is 5.63. The zero-order valence-corrected chi connectivity index (χ0v) is 14.6. The molecule has 128 valence electrons. The van der Waals surface area contributed by atoms with E-state index in [4.69, 9.17) is 9.47 Å². The van der Waals surface area contributed by atoms with E-state index in [0.29, 0.717) is 12.5 Å². The molecule has 5 heteroatoms. The van der Waals surface area contributed by atoms with Gasteiger partial charge in [-0.15, -0.1) is 5.10 Å². The molecule has 0 fully saturated rings. The SMILES string of the molecule is CCOC=Nc1cc(C)c(Oc2ccn(-c3ccccc3)n2)cc1C. The Kier molecular flexibility index (Phi) is 5.14. The lowest BCUT2D eigenvalue weighted by Crippen LogP contribution is -1.95. The average molecular weight is 335 g/mol. The van der Waals surface area contributed by atoms with Crippen molar-refractivity contribution in [2.75, 3.05) is 6.61 Å². The number of nitrogens with zero attached hydrogens (tertiary/aromatic N) is 3. The largest absolute Gasteiger partial charge is 0.483 e. The van der Waals surface area contributed by atoms with Crippen molar-refractivity contribution in [2.45, 2.75) is 20.8 Å². The lowest BCUT2D eigenvalue weighted by atomic mass is 10.1. The highest BCUT2D eigenvalue weighted by Crippen LogP contribution is 2.31. The fourth-order valence-electron chi connectivity index (χ4n) is 2.39. The van der Waals surface area contributed by atoms with Gasteiger partial charge >= 0.3 is 0 Å². The van der Waals surface area contributed by atoms with Crippen LogP contribution in [0.15, 0.2) is 59.7 Å². The van der Waals surface area contributed by atoms with Gasteiger partial charge in [-0.1, -0.05) is 18.2 Å². The fourth-order valence-corrected chi connectivity index (χ4v) is 2.39. The summed E-state index contributed by atoms with van der Waals surface area (Å²) >= 11 is 0. The molecule has 1 aromatic heterocycles. The third-order valence-corrected chi connectivity index (χ3v) is 3.73. The van der Waals surface area contributed by atoms with E-state index in [0.717, 1.165) is 28.3 Å². The fraction of sp³-hybridized carbons (Fsp3) is 0.200. The van der Waals surface area contributed by atoms with E-state index < -0.39 is 0 Å². The molecule has 25 heavy (non-hydrogen) atoms. The summed E-state index contributed by atoms with van der Waals surface area (Å²) < 4.78 is 12.9. The summed E-state index contributed by atoms with van der Waals surface area (Å²) in [6, 6.07) is 15.7. The van der Waals surface area contributed by atoms with E-state index in [-0.39, 0.29) is 0 Å². The van der Waals surface area contributed by atoms with Crippen molar-refractivity contribution in [2.24, 2.45) is 4.99 Å². The topological polar surface area (TPSA) is 48.6 Å². The zero-order chi connectivity index (χ0) is 17.6. The van der Waals surface area contributed by atoms with Gasteiger partial charge in [-0.3, -0.25) is 0 Å². The molecule has 0 spiro atoms. The summed E-state index contributed by atoms with van der Waals surface area (Å²) in [7, 11) is 0. The maximum Gasteiger partial charge on any atom is 0.238 e. The van der Waals surface area contributed by atoms with Crippen molar-refractivity contribution in [3.63, 3.8) is 0 Å². The number of benzene rings is 2. The second kappa shape index (κ2) is 7.66. The van der Waals surface area contributed by atoms with Crippen LogP contribution >= 0.6 is 0 Å². The molecule has 1 heterocycles. The molecule has 0 amide bonds. The standard InChI is InChI=1S/C20H21N3O2/c1-4-24-14-21-18-12-16(3)19(13-15(18)2)25-20-10-11-23(22-20)17-8-6-5-7-9-17/h5-14H,4H2,1-3H3. The second-order valence-electron chi connectivity index (χ2n) is 5.63. The maximum atomic E-state index is 5.96. The van der Waals surface area contributed by atoms with E-state index in [1.807, 2.05) is 75.5 Å². The molecule has 0 aliphatic carbocycles. The summed E-state index contributed by atoms with van der Waals surface area (Å²) in [6.45, 7) is 6.51. The minimum Gasteiger partial charge on any atom is -0.483 e. The Hall–Kier alpha value is -3.08. The van der Waals surface area contributed by atoms with Crippen LogP contribution in [0.4, 0.5) is 5.69 Å². The normalized spacial score (nSPS) is 11.0. The number of para-hydroxylation sites is 1.